The molecule has 0 spiro atoms. The molecule has 1 atom stereocenters. The zero-order chi connectivity index (χ0) is 26.9. The van der Waals surface area contributed by atoms with Gasteiger partial charge in [0.25, 0.3) is 10.0 Å². The first-order valence-electron chi connectivity index (χ1n) is 11.7. The van der Waals surface area contributed by atoms with Crippen molar-refractivity contribution in [1.82, 2.24) is 18.7 Å². The van der Waals surface area contributed by atoms with Crippen molar-refractivity contribution in [3.05, 3.63) is 90.9 Å². The Morgan fingerprint density at radius 1 is 1.00 bits per heavy atom. The quantitative estimate of drug-likeness (QED) is 0.191. The molecule has 0 bridgehead atoms. The number of thioether (sulfide) groups is 1. The zero-order valence-corrected chi connectivity index (χ0v) is 22.1. The Morgan fingerprint density at radius 2 is 1.68 bits per heavy atom. The van der Waals surface area contributed by atoms with Gasteiger partial charge in [0.2, 0.25) is 0 Å². The molecule has 8 nitrogen and oxygen atoms in total. The smallest absolute Gasteiger partial charge is 0.319 e. The number of hydrogen-bond acceptors (Lipinski definition) is 7. The van der Waals surface area contributed by atoms with Gasteiger partial charge in [-0.15, -0.1) is 10.2 Å². The van der Waals surface area contributed by atoms with E-state index in [-0.39, 0.29) is 4.90 Å². The third-order valence-electron chi connectivity index (χ3n) is 6.02. The van der Waals surface area contributed by atoms with Crippen LogP contribution in [0.4, 0.5) is 4.39 Å². The van der Waals surface area contributed by atoms with Crippen molar-refractivity contribution in [2.75, 3.05) is 7.11 Å². The van der Waals surface area contributed by atoms with Crippen LogP contribution in [0.3, 0.4) is 0 Å². The van der Waals surface area contributed by atoms with Crippen LogP contribution in [0.5, 0.6) is 0 Å². The molecule has 3 aromatic carbocycles. The topological polar surface area (TPSA) is 96.1 Å². The molecule has 0 fully saturated rings. The fourth-order valence-electron chi connectivity index (χ4n) is 4.13. The number of rotatable bonds is 8. The molecule has 0 saturated heterocycles. The van der Waals surface area contributed by atoms with Crippen molar-refractivity contribution in [2.24, 2.45) is 0 Å². The second-order valence-electron chi connectivity index (χ2n) is 8.33. The highest BCUT2D eigenvalue weighted by Crippen LogP contribution is 2.36. The van der Waals surface area contributed by atoms with Crippen molar-refractivity contribution in [3.63, 3.8) is 0 Å². The molecule has 2 heterocycles. The van der Waals surface area contributed by atoms with Crippen LogP contribution in [0, 0.1) is 5.82 Å². The fraction of sp³-hybridized carbons (Fsp3) is 0.148. The summed E-state index contributed by atoms with van der Waals surface area (Å²) in [5.41, 5.74) is 1.53. The summed E-state index contributed by atoms with van der Waals surface area (Å²) in [6.07, 6.45) is 2.00. The van der Waals surface area contributed by atoms with Gasteiger partial charge in [-0.05, 0) is 48.9 Å². The Hall–Kier alpha value is -3.96. The van der Waals surface area contributed by atoms with Crippen LogP contribution in [0.1, 0.15) is 13.3 Å². The minimum atomic E-state index is -3.92. The van der Waals surface area contributed by atoms with E-state index in [9.17, 15) is 17.6 Å². The Balaban J connectivity index is 1.73. The third kappa shape index (κ3) is 4.59. The molecule has 5 rings (SSSR count). The number of carbonyl (C=O) groups is 1. The molecule has 0 aliphatic heterocycles. The predicted molar refractivity (Wildman–Crippen MR) is 143 cm³/mol. The first-order valence-corrected chi connectivity index (χ1v) is 14.0. The van der Waals surface area contributed by atoms with Gasteiger partial charge in [-0.25, -0.2) is 16.8 Å². The lowest BCUT2D eigenvalue weighted by molar-refractivity contribution is -0.140. The average Bonchev–Trinajstić information content (AvgIpc) is 3.54. The highest BCUT2D eigenvalue weighted by atomic mass is 32.2. The van der Waals surface area contributed by atoms with Gasteiger partial charge in [0.15, 0.2) is 11.0 Å². The van der Waals surface area contributed by atoms with E-state index >= 15 is 0 Å². The SMILES string of the molecule is CCC(Sc1nnc(-c2cn(S(=O)(=O)c3ccccc3)c3ccccc23)n1-c1ccc(F)cc1)C(=O)OC. The number of benzene rings is 3. The number of aromatic nitrogens is 4. The normalized spacial score (nSPS) is 12.5. The van der Waals surface area contributed by atoms with Crippen molar-refractivity contribution in [2.45, 2.75) is 28.6 Å². The lowest BCUT2D eigenvalue weighted by Crippen LogP contribution is -2.18. The standard InChI is InChI=1S/C27H23FN4O4S2/c1-3-24(26(33)36-2)37-27-30-29-25(32(27)19-15-13-18(28)14-16-19)22-17-31(23-12-8-7-11-21(22)23)38(34,35)20-9-5-4-6-10-20/h4-17,24H,3H2,1-2H3. The summed E-state index contributed by atoms with van der Waals surface area (Å²) in [6.45, 7) is 1.86. The van der Waals surface area contributed by atoms with Crippen LogP contribution in [0.15, 0.2) is 95.1 Å². The van der Waals surface area contributed by atoms with E-state index in [0.29, 0.717) is 39.6 Å². The minimum absolute atomic E-state index is 0.146. The second kappa shape index (κ2) is 10.4. The van der Waals surface area contributed by atoms with Crippen LogP contribution < -0.4 is 0 Å². The molecule has 0 radical (unpaired) electrons. The number of hydrogen-bond donors (Lipinski definition) is 0. The monoisotopic (exact) mass is 550 g/mol. The van der Waals surface area contributed by atoms with Gasteiger partial charge in [-0.3, -0.25) is 9.36 Å². The average molecular weight is 551 g/mol. The Bertz CT molecular complexity index is 1720. The summed E-state index contributed by atoms with van der Waals surface area (Å²) in [5, 5.41) is 9.24. The van der Waals surface area contributed by atoms with Crippen molar-refractivity contribution in [1.29, 1.82) is 0 Å². The number of carbonyl (C=O) groups excluding carboxylic acids is 1. The molecule has 0 saturated carbocycles. The Morgan fingerprint density at radius 3 is 2.37 bits per heavy atom. The zero-order valence-electron chi connectivity index (χ0n) is 20.5. The number of halogens is 1. The summed E-state index contributed by atoms with van der Waals surface area (Å²) in [7, 11) is -2.60. The van der Waals surface area contributed by atoms with Crippen molar-refractivity contribution >= 4 is 38.7 Å². The largest absolute Gasteiger partial charge is 0.468 e. The third-order valence-corrected chi connectivity index (χ3v) is 8.99. The van der Waals surface area contributed by atoms with E-state index < -0.39 is 27.1 Å². The summed E-state index contributed by atoms with van der Waals surface area (Å²) >= 11 is 1.17. The fourth-order valence-corrected chi connectivity index (χ4v) is 6.52. The van der Waals surface area contributed by atoms with Crippen LogP contribution in [-0.4, -0.2) is 45.5 Å². The number of ether oxygens (including phenoxy) is 1. The molecule has 1 unspecified atom stereocenters. The van der Waals surface area contributed by atoms with Gasteiger partial charge in [0, 0.05) is 22.8 Å². The maximum absolute atomic E-state index is 13.8. The molecule has 2 aromatic heterocycles. The maximum atomic E-state index is 13.8. The number of para-hydroxylation sites is 1. The highest BCUT2D eigenvalue weighted by molar-refractivity contribution is 8.00. The summed E-state index contributed by atoms with van der Waals surface area (Å²) < 4.78 is 48.9. The molecule has 0 aliphatic carbocycles. The van der Waals surface area contributed by atoms with Gasteiger partial charge in [0.05, 0.1) is 17.5 Å². The van der Waals surface area contributed by atoms with Crippen molar-refractivity contribution < 1.29 is 22.3 Å². The first-order chi connectivity index (χ1) is 18.3. The molecule has 0 N–H and O–H groups in total. The van der Waals surface area contributed by atoms with Crippen LogP contribution in [0.2, 0.25) is 0 Å². The first kappa shape index (κ1) is 25.7. The van der Waals surface area contributed by atoms with Crippen LogP contribution in [0.25, 0.3) is 28.0 Å². The molecular formula is C27H23FN4O4S2. The Labute approximate surface area is 223 Å². The van der Waals surface area contributed by atoms with Crippen LogP contribution >= 0.6 is 11.8 Å². The summed E-state index contributed by atoms with van der Waals surface area (Å²) in [6, 6.07) is 21.0. The lowest BCUT2D eigenvalue weighted by atomic mass is 10.1. The number of fused-ring (bicyclic) bond motifs is 1. The molecule has 11 heteroatoms. The van der Waals surface area contributed by atoms with Gasteiger partial charge >= 0.3 is 5.97 Å². The molecule has 0 amide bonds. The van der Waals surface area contributed by atoms with Crippen LogP contribution in [-0.2, 0) is 19.6 Å². The molecule has 0 aliphatic rings. The lowest BCUT2D eigenvalue weighted by Gasteiger charge is -2.14. The minimum Gasteiger partial charge on any atom is -0.468 e. The van der Waals surface area contributed by atoms with Gasteiger partial charge in [-0.2, -0.15) is 0 Å². The van der Waals surface area contributed by atoms with Crippen molar-refractivity contribution in [3.8, 4) is 17.1 Å². The molecular weight excluding hydrogens is 527 g/mol. The number of esters is 1. The molecule has 5 aromatic rings. The Kier molecular flexibility index (Phi) is 7.04. The van der Waals surface area contributed by atoms with E-state index in [1.54, 1.807) is 47.0 Å². The van der Waals surface area contributed by atoms with E-state index in [0.717, 1.165) is 0 Å². The van der Waals surface area contributed by atoms with E-state index in [4.69, 9.17) is 4.74 Å². The van der Waals surface area contributed by atoms with Gasteiger partial charge in [0.1, 0.15) is 11.1 Å². The van der Waals surface area contributed by atoms with Gasteiger partial charge in [-0.1, -0.05) is 55.1 Å². The number of methoxy groups -OCH3 is 1. The molecule has 194 valence electrons. The second-order valence-corrected chi connectivity index (χ2v) is 11.3. The summed E-state index contributed by atoms with van der Waals surface area (Å²) in [5.74, 6) is -0.473. The van der Waals surface area contributed by atoms with E-state index in [1.807, 2.05) is 19.1 Å². The van der Waals surface area contributed by atoms with Gasteiger partial charge < -0.3 is 4.74 Å². The highest BCUT2D eigenvalue weighted by Gasteiger charge is 2.27. The summed E-state index contributed by atoms with van der Waals surface area (Å²) in [4.78, 5) is 12.5. The van der Waals surface area contributed by atoms with E-state index in [1.165, 1.54) is 53.3 Å². The maximum Gasteiger partial charge on any atom is 0.319 e. The predicted octanol–water partition coefficient (Wildman–Crippen LogP) is 5.31. The molecule has 38 heavy (non-hydrogen) atoms. The number of nitrogens with zero attached hydrogens (tertiary/aromatic N) is 4. The van der Waals surface area contributed by atoms with E-state index in [2.05, 4.69) is 10.2 Å².